The van der Waals surface area contributed by atoms with Crippen LogP contribution in [0.25, 0.3) is 11.0 Å². The molecule has 0 fully saturated rings. The molecule has 0 aliphatic heterocycles. The van der Waals surface area contributed by atoms with Crippen LogP contribution >= 0.6 is 0 Å². The highest BCUT2D eigenvalue weighted by Crippen LogP contribution is 2.37. The molecule has 0 aliphatic carbocycles. The molecule has 0 aliphatic rings. The van der Waals surface area contributed by atoms with Crippen molar-refractivity contribution < 1.29 is 4.43 Å². The summed E-state index contributed by atoms with van der Waals surface area (Å²) in [6, 6.07) is 5.77. The summed E-state index contributed by atoms with van der Waals surface area (Å²) in [6.07, 6.45) is 0. The normalized spacial score (nSPS) is 12.9. The van der Waals surface area contributed by atoms with Crippen LogP contribution < -0.4 is 10.1 Å². The Labute approximate surface area is 114 Å². The first-order chi connectivity index (χ1) is 8.62. The predicted molar refractivity (Wildman–Crippen MR) is 81.4 cm³/mol. The SMILES string of the molecule is Cn1c(=O)[nH]c2ccc(O[Si](C)(C)C(C)(C)C)cc21. The average Bonchev–Trinajstić information content (AvgIpc) is 2.54. The van der Waals surface area contributed by atoms with Crippen molar-refractivity contribution in [2.24, 2.45) is 7.05 Å². The Balaban J connectivity index is 2.42. The molecule has 0 amide bonds. The summed E-state index contributed by atoms with van der Waals surface area (Å²) in [6.45, 7) is 11.1. The quantitative estimate of drug-likeness (QED) is 0.857. The summed E-state index contributed by atoms with van der Waals surface area (Å²) < 4.78 is 7.85. The highest BCUT2D eigenvalue weighted by Gasteiger charge is 2.38. The van der Waals surface area contributed by atoms with Gasteiger partial charge in [0.2, 0.25) is 8.32 Å². The van der Waals surface area contributed by atoms with Crippen molar-refractivity contribution in [2.45, 2.75) is 38.9 Å². The Bertz CT molecular complexity index is 662. The van der Waals surface area contributed by atoms with Crippen molar-refractivity contribution in [3.05, 3.63) is 28.7 Å². The zero-order valence-electron chi connectivity index (χ0n) is 12.5. The minimum atomic E-state index is -1.84. The number of nitrogens with one attached hydrogen (secondary N) is 1. The average molecular weight is 278 g/mol. The van der Waals surface area contributed by atoms with Crippen molar-refractivity contribution in [3.63, 3.8) is 0 Å². The molecule has 1 heterocycles. The van der Waals surface area contributed by atoms with E-state index < -0.39 is 8.32 Å². The summed E-state index contributed by atoms with van der Waals surface area (Å²) in [5.41, 5.74) is 1.62. The fourth-order valence-corrected chi connectivity index (χ4v) is 2.74. The molecule has 4 nitrogen and oxygen atoms in total. The number of rotatable bonds is 2. The van der Waals surface area contributed by atoms with Gasteiger partial charge in [0.15, 0.2) is 0 Å². The second-order valence-electron chi connectivity index (χ2n) is 6.53. The molecule has 0 radical (unpaired) electrons. The third kappa shape index (κ3) is 2.47. The number of aromatic amines is 1. The molecule has 5 heteroatoms. The third-order valence-electron chi connectivity index (χ3n) is 4.06. The van der Waals surface area contributed by atoms with Crippen LogP contribution in [0.2, 0.25) is 18.1 Å². The highest BCUT2D eigenvalue weighted by molar-refractivity contribution is 6.74. The number of aromatic nitrogens is 2. The molecule has 104 valence electrons. The van der Waals surface area contributed by atoms with Gasteiger partial charge in [0.25, 0.3) is 0 Å². The van der Waals surface area contributed by atoms with E-state index in [1.54, 1.807) is 11.6 Å². The number of hydrogen-bond donors (Lipinski definition) is 1. The van der Waals surface area contributed by atoms with Crippen molar-refractivity contribution in [2.75, 3.05) is 0 Å². The Morgan fingerprint density at radius 1 is 1.26 bits per heavy atom. The summed E-state index contributed by atoms with van der Waals surface area (Å²) in [7, 11) is -0.0801. The molecule has 2 rings (SSSR count). The monoisotopic (exact) mass is 278 g/mol. The van der Waals surface area contributed by atoms with Gasteiger partial charge in [-0.25, -0.2) is 4.79 Å². The molecule has 1 aromatic carbocycles. The molecule has 0 bridgehead atoms. The molecule has 0 atom stereocenters. The van der Waals surface area contributed by atoms with E-state index in [2.05, 4.69) is 38.8 Å². The number of benzene rings is 1. The van der Waals surface area contributed by atoms with Crippen LogP contribution in [-0.4, -0.2) is 17.9 Å². The van der Waals surface area contributed by atoms with E-state index in [1.807, 2.05) is 18.2 Å². The van der Waals surface area contributed by atoms with Crippen molar-refractivity contribution >= 4 is 19.4 Å². The van der Waals surface area contributed by atoms with Gasteiger partial charge in [-0.05, 0) is 30.3 Å². The van der Waals surface area contributed by atoms with Crippen molar-refractivity contribution in [1.29, 1.82) is 0 Å². The molecule has 1 N–H and O–H groups in total. The number of imidazole rings is 1. The smallest absolute Gasteiger partial charge is 0.326 e. The number of aryl methyl sites for hydroxylation is 1. The summed E-state index contributed by atoms with van der Waals surface area (Å²) >= 11 is 0. The second kappa shape index (κ2) is 4.26. The molecule has 0 saturated heterocycles. The van der Waals surface area contributed by atoms with Gasteiger partial charge < -0.3 is 9.41 Å². The van der Waals surface area contributed by atoms with Gasteiger partial charge in [-0.3, -0.25) is 4.57 Å². The van der Waals surface area contributed by atoms with E-state index >= 15 is 0 Å². The standard InChI is InChI=1S/C14H22N2O2Si/c1-14(2,3)19(5,6)18-10-7-8-11-12(9-10)16(4)13(17)15-11/h7-9H,1-6H3,(H,15,17). The Hall–Kier alpha value is -1.49. The number of nitrogens with zero attached hydrogens (tertiary/aromatic N) is 1. The topological polar surface area (TPSA) is 47.0 Å². The van der Waals surface area contributed by atoms with E-state index in [1.165, 1.54) is 0 Å². The Kier molecular flexibility index (Phi) is 3.13. The van der Waals surface area contributed by atoms with E-state index in [0.717, 1.165) is 16.8 Å². The van der Waals surface area contributed by atoms with Gasteiger partial charge >= 0.3 is 5.69 Å². The maximum Gasteiger partial charge on any atom is 0.326 e. The van der Waals surface area contributed by atoms with Gasteiger partial charge in [0, 0.05) is 13.1 Å². The van der Waals surface area contributed by atoms with E-state index in [-0.39, 0.29) is 10.7 Å². The minimum Gasteiger partial charge on any atom is -0.543 e. The molecule has 0 spiro atoms. The van der Waals surface area contributed by atoms with E-state index in [0.29, 0.717) is 0 Å². The first-order valence-electron chi connectivity index (χ1n) is 6.49. The maximum atomic E-state index is 11.6. The van der Waals surface area contributed by atoms with Crippen molar-refractivity contribution in [1.82, 2.24) is 9.55 Å². The van der Waals surface area contributed by atoms with Gasteiger partial charge in [-0.1, -0.05) is 20.8 Å². The van der Waals surface area contributed by atoms with Crippen LogP contribution in [0.5, 0.6) is 5.75 Å². The lowest BCUT2D eigenvalue weighted by Crippen LogP contribution is -2.43. The van der Waals surface area contributed by atoms with Crippen LogP contribution in [0.15, 0.2) is 23.0 Å². The minimum absolute atomic E-state index is 0.0977. The summed E-state index contributed by atoms with van der Waals surface area (Å²) in [5, 5.41) is 0.159. The summed E-state index contributed by atoms with van der Waals surface area (Å²) in [4.78, 5) is 14.4. The van der Waals surface area contributed by atoms with Crippen LogP contribution in [0.1, 0.15) is 20.8 Å². The molecule has 19 heavy (non-hydrogen) atoms. The molecule has 0 unspecified atom stereocenters. The molecule has 1 aromatic heterocycles. The Morgan fingerprint density at radius 2 is 1.89 bits per heavy atom. The van der Waals surface area contributed by atoms with Crippen molar-refractivity contribution in [3.8, 4) is 5.75 Å². The number of hydrogen-bond acceptors (Lipinski definition) is 2. The number of fused-ring (bicyclic) bond motifs is 1. The third-order valence-corrected chi connectivity index (χ3v) is 8.41. The van der Waals surface area contributed by atoms with Crippen LogP contribution in [-0.2, 0) is 7.05 Å². The molecular weight excluding hydrogens is 256 g/mol. The van der Waals surface area contributed by atoms with Gasteiger partial charge in [0.1, 0.15) is 5.75 Å². The van der Waals surface area contributed by atoms with Gasteiger partial charge in [-0.2, -0.15) is 0 Å². The zero-order chi connectivity index (χ0) is 14.4. The van der Waals surface area contributed by atoms with E-state index in [4.69, 9.17) is 4.43 Å². The van der Waals surface area contributed by atoms with Gasteiger partial charge in [0.05, 0.1) is 11.0 Å². The molecule has 2 aromatic rings. The second-order valence-corrected chi connectivity index (χ2v) is 11.3. The Morgan fingerprint density at radius 3 is 2.47 bits per heavy atom. The van der Waals surface area contributed by atoms with Crippen LogP contribution in [0.4, 0.5) is 0 Å². The lowest BCUT2D eigenvalue weighted by molar-refractivity contribution is 0.492. The maximum absolute atomic E-state index is 11.6. The largest absolute Gasteiger partial charge is 0.543 e. The first-order valence-corrected chi connectivity index (χ1v) is 9.40. The number of H-pyrrole nitrogens is 1. The van der Waals surface area contributed by atoms with Crippen LogP contribution in [0, 0.1) is 0 Å². The lowest BCUT2D eigenvalue weighted by atomic mass is 10.2. The highest BCUT2D eigenvalue weighted by atomic mass is 28.4. The van der Waals surface area contributed by atoms with Crippen LogP contribution in [0.3, 0.4) is 0 Å². The van der Waals surface area contributed by atoms with Gasteiger partial charge in [-0.15, -0.1) is 0 Å². The molecular formula is C14H22N2O2Si. The predicted octanol–water partition coefficient (Wildman–Crippen LogP) is 3.25. The van der Waals surface area contributed by atoms with E-state index in [9.17, 15) is 4.79 Å². The fraction of sp³-hybridized carbons (Fsp3) is 0.500. The lowest BCUT2D eigenvalue weighted by Gasteiger charge is -2.36. The fourth-order valence-electron chi connectivity index (χ4n) is 1.71. The first kappa shape index (κ1) is 13.9. The molecule has 0 saturated carbocycles. The summed E-state index contributed by atoms with van der Waals surface area (Å²) in [5.74, 6) is 0.841. The zero-order valence-corrected chi connectivity index (χ0v) is 13.5.